The van der Waals surface area contributed by atoms with E-state index < -0.39 is 0 Å². The first-order valence-corrected chi connectivity index (χ1v) is 4.78. The number of H-pyrrole nitrogens is 1. The quantitative estimate of drug-likeness (QED) is 0.729. The zero-order valence-electron chi connectivity index (χ0n) is 7.87. The van der Waals surface area contributed by atoms with Crippen molar-refractivity contribution < 1.29 is 0 Å². The highest BCUT2D eigenvalue weighted by atomic mass is 32.1. The number of hydrogen-bond donors (Lipinski definition) is 2. The van der Waals surface area contributed by atoms with Gasteiger partial charge in [-0.1, -0.05) is 20.3 Å². The molecule has 13 heavy (non-hydrogen) atoms. The average Bonchev–Trinajstić information content (AvgIpc) is 2.03. The lowest BCUT2D eigenvalue weighted by atomic mass is 10.1. The van der Waals surface area contributed by atoms with Crippen molar-refractivity contribution in [3.8, 4) is 0 Å². The molecule has 3 N–H and O–H groups in total. The van der Waals surface area contributed by atoms with Gasteiger partial charge in [-0.05, 0) is 18.6 Å². The fourth-order valence-electron chi connectivity index (χ4n) is 1.22. The Labute approximate surface area is 82.6 Å². The van der Waals surface area contributed by atoms with Crippen LogP contribution in [0.25, 0.3) is 0 Å². The Morgan fingerprint density at radius 2 is 2.23 bits per heavy atom. The lowest BCUT2D eigenvalue weighted by Gasteiger charge is -2.08. The van der Waals surface area contributed by atoms with Gasteiger partial charge >= 0.3 is 0 Å². The maximum absolute atomic E-state index is 5.52. The van der Waals surface area contributed by atoms with E-state index >= 15 is 0 Å². The Morgan fingerprint density at radius 1 is 1.54 bits per heavy atom. The molecular formula is C8H14N4S. The normalized spacial score (nSPS) is 12.8. The number of anilines is 1. The van der Waals surface area contributed by atoms with Crippen LogP contribution in [-0.2, 0) is 0 Å². The molecule has 72 valence electrons. The fourth-order valence-corrected chi connectivity index (χ4v) is 1.42. The average molecular weight is 198 g/mol. The van der Waals surface area contributed by atoms with Crippen LogP contribution in [0.5, 0.6) is 0 Å². The molecule has 1 atom stereocenters. The lowest BCUT2D eigenvalue weighted by Crippen LogP contribution is -2.06. The molecule has 0 radical (unpaired) electrons. The number of nitrogens with two attached hydrogens (primary N) is 1. The highest BCUT2D eigenvalue weighted by Gasteiger charge is 2.07. The second-order valence-corrected chi connectivity index (χ2v) is 3.46. The van der Waals surface area contributed by atoms with Crippen molar-refractivity contribution in [1.82, 2.24) is 15.0 Å². The van der Waals surface area contributed by atoms with E-state index in [9.17, 15) is 0 Å². The number of nitrogen functional groups attached to an aromatic ring is 1. The van der Waals surface area contributed by atoms with E-state index in [1.807, 2.05) is 0 Å². The van der Waals surface area contributed by atoms with Gasteiger partial charge in [-0.15, -0.1) is 0 Å². The van der Waals surface area contributed by atoms with Crippen molar-refractivity contribution in [2.75, 3.05) is 5.73 Å². The first-order chi connectivity index (χ1) is 6.13. The van der Waals surface area contributed by atoms with Gasteiger partial charge in [0.25, 0.3) is 0 Å². The van der Waals surface area contributed by atoms with Crippen LogP contribution in [0.2, 0.25) is 0 Å². The van der Waals surface area contributed by atoms with E-state index in [0.717, 1.165) is 18.7 Å². The van der Waals surface area contributed by atoms with Crippen LogP contribution in [0.1, 0.15) is 38.4 Å². The van der Waals surface area contributed by atoms with E-state index in [2.05, 4.69) is 28.8 Å². The molecule has 4 nitrogen and oxygen atoms in total. The molecule has 1 aromatic heterocycles. The Kier molecular flexibility index (Phi) is 3.36. The summed E-state index contributed by atoms with van der Waals surface area (Å²) in [4.78, 5) is 10.8. The first kappa shape index (κ1) is 10.1. The summed E-state index contributed by atoms with van der Waals surface area (Å²) >= 11 is 4.87. The summed E-state index contributed by atoms with van der Waals surface area (Å²) in [6, 6.07) is 0. The van der Waals surface area contributed by atoms with Crippen molar-refractivity contribution in [2.45, 2.75) is 32.6 Å². The van der Waals surface area contributed by atoms with E-state index in [4.69, 9.17) is 18.0 Å². The van der Waals surface area contributed by atoms with Crippen molar-refractivity contribution in [3.05, 3.63) is 10.6 Å². The minimum Gasteiger partial charge on any atom is -0.369 e. The molecular weight excluding hydrogens is 184 g/mol. The second kappa shape index (κ2) is 4.32. The van der Waals surface area contributed by atoms with Gasteiger partial charge in [0.1, 0.15) is 5.82 Å². The molecule has 0 bridgehead atoms. The Morgan fingerprint density at radius 3 is 2.77 bits per heavy atom. The highest BCUT2D eigenvalue weighted by Crippen LogP contribution is 2.16. The summed E-state index contributed by atoms with van der Waals surface area (Å²) in [5, 5.41) is 0. The SMILES string of the molecule is CCCC(C)c1nc(=S)nc(N)[nH]1. The van der Waals surface area contributed by atoms with Crippen molar-refractivity contribution in [2.24, 2.45) is 0 Å². The molecule has 0 amide bonds. The summed E-state index contributed by atoms with van der Waals surface area (Å²) in [6.45, 7) is 4.23. The highest BCUT2D eigenvalue weighted by molar-refractivity contribution is 7.71. The molecule has 1 aromatic rings. The van der Waals surface area contributed by atoms with Gasteiger partial charge in [0.2, 0.25) is 10.7 Å². The van der Waals surface area contributed by atoms with Gasteiger partial charge in [-0.3, -0.25) is 0 Å². The van der Waals surface area contributed by atoms with E-state index in [1.54, 1.807) is 0 Å². The molecule has 0 saturated carbocycles. The van der Waals surface area contributed by atoms with Crippen LogP contribution in [0.4, 0.5) is 5.95 Å². The zero-order valence-corrected chi connectivity index (χ0v) is 8.69. The lowest BCUT2D eigenvalue weighted by molar-refractivity contribution is 0.622. The molecule has 1 unspecified atom stereocenters. The first-order valence-electron chi connectivity index (χ1n) is 4.37. The molecule has 0 aliphatic heterocycles. The van der Waals surface area contributed by atoms with Gasteiger partial charge in [0, 0.05) is 5.92 Å². The standard InChI is InChI=1S/C8H14N4S/c1-3-4-5(2)6-10-7(9)12-8(13)11-6/h5H,3-4H2,1-2H3,(H3,9,10,11,12,13). The molecule has 0 spiro atoms. The molecule has 0 aliphatic rings. The number of aromatic amines is 1. The van der Waals surface area contributed by atoms with Crippen molar-refractivity contribution >= 4 is 18.2 Å². The van der Waals surface area contributed by atoms with Crippen LogP contribution in [0.3, 0.4) is 0 Å². The molecule has 0 aliphatic carbocycles. The second-order valence-electron chi connectivity index (χ2n) is 3.09. The number of nitrogens with one attached hydrogen (secondary N) is 1. The third-order valence-electron chi connectivity index (χ3n) is 1.88. The molecule has 1 rings (SSSR count). The topological polar surface area (TPSA) is 67.6 Å². The van der Waals surface area contributed by atoms with Crippen LogP contribution in [0.15, 0.2) is 0 Å². The molecule has 5 heteroatoms. The summed E-state index contributed by atoms with van der Waals surface area (Å²) in [5.41, 5.74) is 5.52. The van der Waals surface area contributed by atoms with E-state index in [1.165, 1.54) is 0 Å². The summed E-state index contributed by atoms with van der Waals surface area (Å²) in [6.07, 6.45) is 2.19. The number of rotatable bonds is 3. The van der Waals surface area contributed by atoms with Gasteiger partial charge in [0.05, 0.1) is 0 Å². The van der Waals surface area contributed by atoms with Crippen LogP contribution in [0, 0.1) is 4.77 Å². The molecule has 0 aromatic carbocycles. The summed E-state index contributed by atoms with van der Waals surface area (Å²) < 4.78 is 0.314. The Balaban J connectivity index is 2.94. The van der Waals surface area contributed by atoms with Crippen molar-refractivity contribution in [1.29, 1.82) is 0 Å². The summed E-state index contributed by atoms with van der Waals surface area (Å²) in [5.74, 6) is 1.54. The molecule has 0 fully saturated rings. The van der Waals surface area contributed by atoms with Gasteiger partial charge in [-0.2, -0.15) is 4.98 Å². The maximum atomic E-state index is 5.52. The van der Waals surface area contributed by atoms with Gasteiger partial charge < -0.3 is 10.7 Å². The van der Waals surface area contributed by atoms with Crippen LogP contribution < -0.4 is 5.73 Å². The zero-order chi connectivity index (χ0) is 9.84. The number of aromatic nitrogens is 3. The summed E-state index contributed by atoms with van der Waals surface area (Å²) in [7, 11) is 0. The van der Waals surface area contributed by atoms with Gasteiger partial charge in [-0.25, -0.2) is 4.98 Å². The Bertz CT molecular complexity index is 333. The monoisotopic (exact) mass is 198 g/mol. The Hall–Kier alpha value is -0.970. The number of nitrogens with zero attached hydrogens (tertiary/aromatic N) is 2. The van der Waals surface area contributed by atoms with E-state index in [0.29, 0.717) is 16.6 Å². The smallest absolute Gasteiger partial charge is 0.224 e. The van der Waals surface area contributed by atoms with Crippen LogP contribution >= 0.6 is 12.2 Å². The number of hydrogen-bond acceptors (Lipinski definition) is 4. The fraction of sp³-hybridized carbons (Fsp3) is 0.625. The molecule has 1 heterocycles. The predicted molar refractivity (Wildman–Crippen MR) is 55.0 cm³/mol. The minimum atomic E-state index is 0.314. The minimum absolute atomic E-state index is 0.314. The predicted octanol–water partition coefficient (Wildman–Crippen LogP) is 2.02. The van der Waals surface area contributed by atoms with Gasteiger partial charge in [0.15, 0.2) is 0 Å². The third kappa shape index (κ3) is 2.77. The van der Waals surface area contributed by atoms with Crippen molar-refractivity contribution in [3.63, 3.8) is 0 Å². The maximum Gasteiger partial charge on any atom is 0.224 e. The van der Waals surface area contributed by atoms with E-state index in [-0.39, 0.29) is 0 Å². The largest absolute Gasteiger partial charge is 0.369 e. The third-order valence-corrected chi connectivity index (χ3v) is 2.06. The molecule has 0 saturated heterocycles. The van der Waals surface area contributed by atoms with Crippen LogP contribution in [-0.4, -0.2) is 15.0 Å².